The number of carbonyl (C=O) groups excluding carboxylic acids is 1. The Bertz CT molecular complexity index is 2940. The van der Waals surface area contributed by atoms with E-state index in [9.17, 15) is 110 Å². The second kappa shape index (κ2) is 21.9. The first kappa shape index (κ1) is 61.8. The lowest BCUT2D eigenvalue weighted by Crippen LogP contribution is -2.75. The summed E-state index contributed by atoms with van der Waals surface area (Å²) in [6, 6.07) is 7.79. The Labute approximate surface area is 438 Å². The molecule has 0 radical (unpaired) electrons. The van der Waals surface area contributed by atoms with Gasteiger partial charge in [-0.1, -0.05) is 91.0 Å². The standard InChI is InChI=1S/C32H12BF24.C18H14N2O2S/c34-25(35,36)13-1-14(26(37,38)39)6-21(5-13)33(22-7-15(27(40,41)42)2-16(8-22)28(43,44)45,23-9-17(29(46,47)48)3-18(10-23)30(49,50)51)24-11-19(31(52,53)54)4-20(12-24)32(55,56)57;21-15(14-6-2-1-3-7-14)12-20-11-10-19-18(13-20)22-16-8-4-5-9-17(16)23/h1-12H;1-11,13H,12H2/q-1;/p+1. The van der Waals surface area contributed by atoms with Crippen molar-refractivity contribution in [1.29, 1.82) is 0 Å². The largest absolute Gasteiger partial charge is 0.433 e. The third-order valence-electron chi connectivity index (χ3n) is 11.7. The molecule has 7 rings (SSSR count). The SMILES string of the molecule is FC(F)(F)c1cc([B-](c2cc(C(F)(F)F)cc(C(F)(F)F)c2)(c2cc(C(F)(F)F)cc(C(F)(F)F)c2)c2cc(C(F)(F)F)cc(C(F)(F)F)c2)cc(C(F)(F)F)c1.O=C(C[n+]1ccnc(Oc2ccccc2S)c1)c1ccccc1. The van der Waals surface area contributed by atoms with Gasteiger partial charge >= 0.3 is 49.4 Å². The second-order valence-electron chi connectivity index (χ2n) is 17.1. The van der Waals surface area contributed by atoms with Crippen molar-refractivity contribution in [3.8, 4) is 11.6 Å². The van der Waals surface area contributed by atoms with Crippen molar-refractivity contribution in [3.63, 3.8) is 0 Å². The zero-order valence-electron chi connectivity index (χ0n) is 38.9. The number of benzene rings is 6. The van der Waals surface area contributed by atoms with Gasteiger partial charge < -0.3 is 4.74 Å². The van der Waals surface area contributed by atoms with E-state index in [0.29, 0.717) is 17.2 Å². The minimum atomic E-state index is -6.13. The van der Waals surface area contributed by atoms with Crippen molar-refractivity contribution in [2.45, 2.75) is 60.9 Å². The fourth-order valence-corrected chi connectivity index (χ4v) is 8.38. The minimum absolute atomic E-state index is 0.0299. The van der Waals surface area contributed by atoms with Gasteiger partial charge in [-0.3, -0.25) is 4.79 Å². The number of alkyl halides is 24. The lowest BCUT2D eigenvalue weighted by Gasteiger charge is -2.46. The molecule has 1 heterocycles. The average molecular weight is 1190 g/mol. The first-order chi connectivity index (χ1) is 36.5. The number of thiol groups is 1. The average Bonchev–Trinajstić information content (AvgIpc) is 3.33. The van der Waals surface area contributed by atoms with Gasteiger partial charge in [-0.15, -0.1) is 12.6 Å². The second-order valence-corrected chi connectivity index (χ2v) is 17.6. The molecule has 0 fully saturated rings. The highest BCUT2D eigenvalue weighted by molar-refractivity contribution is 7.80. The normalized spacial score (nSPS) is 13.2. The minimum Gasteiger partial charge on any atom is -0.433 e. The lowest BCUT2D eigenvalue weighted by molar-refractivity contribution is -0.683. The van der Waals surface area contributed by atoms with Gasteiger partial charge in [0.1, 0.15) is 11.9 Å². The van der Waals surface area contributed by atoms with Crippen molar-refractivity contribution in [1.82, 2.24) is 4.98 Å². The topological polar surface area (TPSA) is 43.1 Å². The van der Waals surface area contributed by atoms with Crippen LogP contribution >= 0.6 is 12.6 Å². The molecule has 0 N–H and O–H groups in total. The van der Waals surface area contributed by atoms with Crippen LogP contribution in [0.25, 0.3) is 0 Å². The maximum Gasteiger partial charge on any atom is 0.416 e. The molecule has 6 aromatic carbocycles. The summed E-state index contributed by atoms with van der Waals surface area (Å²) < 4.78 is 348. The highest BCUT2D eigenvalue weighted by atomic mass is 32.1. The fraction of sp³-hybridized carbons (Fsp3) is 0.180. The fourth-order valence-electron chi connectivity index (χ4n) is 8.17. The monoisotopic (exact) mass is 1190 g/mol. The molecule has 0 aliphatic heterocycles. The summed E-state index contributed by atoms with van der Waals surface area (Å²) in [5.41, 5.74) is -29.5. The Balaban J connectivity index is 0.000000370. The smallest absolute Gasteiger partial charge is 0.416 e. The number of halogens is 24. The van der Waals surface area contributed by atoms with E-state index in [1.165, 1.54) is 0 Å². The van der Waals surface area contributed by atoms with Crippen LogP contribution in [0, 0.1) is 0 Å². The molecule has 0 aliphatic rings. The van der Waals surface area contributed by atoms with Gasteiger partial charge in [-0.05, 0) is 36.4 Å². The summed E-state index contributed by atoms with van der Waals surface area (Å²) >= 11 is 4.34. The Kier molecular flexibility index (Phi) is 16.9. The number of aromatic nitrogens is 2. The summed E-state index contributed by atoms with van der Waals surface area (Å²) in [6.45, 7) is 0.228. The Morgan fingerprint density at radius 2 is 0.713 bits per heavy atom. The molecule has 0 atom stereocenters. The van der Waals surface area contributed by atoms with Crippen LogP contribution in [0.4, 0.5) is 105 Å². The maximum absolute atomic E-state index is 14.2. The molecule has 4 nitrogen and oxygen atoms in total. The molecule has 0 saturated heterocycles. The van der Waals surface area contributed by atoms with Gasteiger partial charge in [0.25, 0.3) is 5.88 Å². The van der Waals surface area contributed by atoms with Gasteiger partial charge in [0.2, 0.25) is 18.5 Å². The number of rotatable bonds is 9. The first-order valence-corrected chi connectivity index (χ1v) is 22.2. The van der Waals surface area contributed by atoms with E-state index < -0.39 is 195 Å². The number of para-hydroxylation sites is 1. The summed E-state index contributed by atoms with van der Waals surface area (Å²) in [7, 11) is 0. The van der Waals surface area contributed by atoms with Crippen LogP contribution in [0.5, 0.6) is 11.6 Å². The predicted molar refractivity (Wildman–Crippen MR) is 239 cm³/mol. The van der Waals surface area contributed by atoms with Crippen molar-refractivity contribution < 1.29 is 119 Å². The molecule has 1 aromatic heterocycles. The van der Waals surface area contributed by atoms with Gasteiger partial charge in [0.05, 0.1) is 50.7 Å². The quantitative estimate of drug-likeness (QED) is 0.0515. The van der Waals surface area contributed by atoms with E-state index in [1.54, 1.807) is 35.3 Å². The molecule has 0 amide bonds. The third kappa shape index (κ3) is 14.5. The number of hydrogen-bond acceptors (Lipinski definition) is 4. The number of hydrogen-bond donors (Lipinski definition) is 1. The van der Waals surface area contributed by atoms with E-state index in [2.05, 4.69) is 17.6 Å². The summed E-state index contributed by atoms with van der Waals surface area (Å²) in [5.74, 6) is 1.06. The van der Waals surface area contributed by atoms with Crippen molar-refractivity contribution in [2.24, 2.45) is 0 Å². The van der Waals surface area contributed by atoms with Crippen LogP contribution in [-0.4, -0.2) is 16.9 Å². The predicted octanol–water partition coefficient (Wildman–Crippen LogP) is 14.5. The Morgan fingerprint density at radius 1 is 0.425 bits per heavy atom. The summed E-state index contributed by atoms with van der Waals surface area (Å²) in [5, 5.41) is 0. The highest BCUT2D eigenvalue weighted by Crippen LogP contribution is 2.41. The number of carbonyl (C=O) groups is 1. The molecule has 30 heteroatoms. The molecule has 80 heavy (non-hydrogen) atoms. The Morgan fingerprint density at radius 3 is 1.00 bits per heavy atom. The van der Waals surface area contributed by atoms with Gasteiger partial charge in [0, 0.05) is 10.5 Å². The molecule has 0 aliphatic carbocycles. The summed E-state index contributed by atoms with van der Waals surface area (Å²) in [6.07, 6.45) is -49.8. The number of ether oxygens (including phenoxy) is 1. The molecule has 0 saturated carbocycles. The van der Waals surface area contributed by atoms with Crippen LogP contribution in [0.2, 0.25) is 0 Å². The van der Waals surface area contributed by atoms with Crippen LogP contribution < -0.4 is 31.2 Å². The number of ketones is 1. The van der Waals surface area contributed by atoms with Crippen LogP contribution in [0.15, 0.2) is 151 Å². The third-order valence-corrected chi connectivity index (χ3v) is 12.0. The van der Waals surface area contributed by atoms with Crippen LogP contribution in [0.1, 0.15) is 54.9 Å². The number of nitrogens with zero attached hydrogens (tertiary/aromatic N) is 2. The molecule has 0 spiro atoms. The van der Waals surface area contributed by atoms with Gasteiger partial charge in [0.15, 0.2) is 6.20 Å². The van der Waals surface area contributed by atoms with E-state index in [1.807, 2.05) is 42.5 Å². The molecule has 426 valence electrons. The zero-order valence-corrected chi connectivity index (χ0v) is 39.8. The molecule has 0 unspecified atom stereocenters. The van der Waals surface area contributed by atoms with E-state index in [-0.39, 0.29) is 12.3 Å². The molecular formula is C50H27BF24N2O2S. The van der Waals surface area contributed by atoms with Gasteiger partial charge in [-0.25, -0.2) is 4.98 Å². The molecular weight excluding hydrogens is 1160 g/mol. The summed E-state index contributed by atoms with van der Waals surface area (Å²) in [4.78, 5) is 17.1. The highest BCUT2D eigenvalue weighted by Gasteiger charge is 2.47. The van der Waals surface area contributed by atoms with Crippen molar-refractivity contribution in [3.05, 3.63) is 196 Å². The van der Waals surface area contributed by atoms with Crippen LogP contribution in [0.3, 0.4) is 0 Å². The zero-order chi connectivity index (χ0) is 60.0. The van der Waals surface area contributed by atoms with E-state index in [0.717, 1.165) is 4.90 Å². The molecule has 0 bridgehead atoms. The van der Waals surface area contributed by atoms with Crippen LogP contribution in [-0.2, 0) is 56.0 Å². The number of Topliss-reactive ketones (excluding diaryl/α,β-unsaturated/α-hetero) is 1. The van der Waals surface area contributed by atoms with E-state index >= 15 is 0 Å². The Hall–Kier alpha value is -7.40. The van der Waals surface area contributed by atoms with Crippen molar-refractivity contribution in [2.75, 3.05) is 0 Å². The van der Waals surface area contributed by atoms with Crippen molar-refractivity contribution >= 4 is 46.4 Å². The lowest BCUT2D eigenvalue weighted by atomic mass is 9.12. The molecule has 7 aromatic rings. The van der Waals surface area contributed by atoms with E-state index in [4.69, 9.17) is 4.74 Å². The van der Waals surface area contributed by atoms with Gasteiger partial charge in [-0.2, -0.15) is 132 Å². The maximum atomic E-state index is 14.2. The first-order valence-electron chi connectivity index (χ1n) is 21.7.